The first kappa shape index (κ1) is 22.2. The van der Waals surface area contributed by atoms with Gasteiger partial charge in [-0.25, -0.2) is 4.39 Å². The molecule has 0 amide bonds. The summed E-state index contributed by atoms with van der Waals surface area (Å²) < 4.78 is 19.6. The Hall–Kier alpha value is -3.97. The first-order valence-corrected chi connectivity index (χ1v) is 10.5. The molecule has 1 N–H and O–H groups in total. The molecule has 0 saturated heterocycles. The first-order chi connectivity index (χ1) is 16.0. The number of halogens is 2. The summed E-state index contributed by atoms with van der Waals surface area (Å²) in [5.74, 6) is 0.670. The number of carbonyl (C=O) groups excluding carboxylic acids is 1. The fourth-order valence-corrected chi connectivity index (χ4v) is 3.16. The van der Waals surface area contributed by atoms with E-state index in [2.05, 4.69) is 15.4 Å². The van der Waals surface area contributed by atoms with Crippen LogP contribution in [0.2, 0.25) is 5.02 Å². The van der Waals surface area contributed by atoms with E-state index in [9.17, 15) is 9.18 Å². The number of methoxy groups -OCH3 is 1. The van der Waals surface area contributed by atoms with E-state index >= 15 is 0 Å². The van der Waals surface area contributed by atoms with Gasteiger partial charge in [0.05, 0.1) is 7.11 Å². The number of hydrogen-bond donors (Lipinski definition) is 1. The zero-order chi connectivity index (χ0) is 23.2. The third-order valence-electron chi connectivity index (χ3n) is 4.82. The molecule has 0 unspecified atom stereocenters. The van der Waals surface area contributed by atoms with Crippen molar-refractivity contribution in [2.75, 3.05) is 12.4 Å². The highest BCUT2D eigenvalue weighted by Gasteiger charge is 2.16. The van der Waals surface area contributed by atoms with Crippen molar-refractivity contribution < 1.29 is 13.9 Å². The minimum Gasteiger partial charge on any atom is -0.497 e. The number of ether oxygens (including phenoxy) is 1. The summed E-state index contributed by atoms with van der Waals surface area (Å²) in [6, 6.07) is 20.4. The Morgan fingerprint density at radius 1 is 1.06 bits per heavy atom. The Morgan fingerprint density at radius 3 is 2.42 bits per heavy atom. The second-order valence-corrected chi connectivity index (χ2v) is 7.54. The van der Waals surface area contributed by atoms with Crippen LogP contribution in [0.15, 0.2) is 78.9 Å². The molecule has 0 radical (unpaired) electrons. The van der Waals surface area contributed by atoms with Crippen LogP contribution in [-0.2, 0) is 6.54 Å². The van der Waals surface area contributed by atoms with E-state index in [4.69, 9.17) is 16.3 Å². The van der Waals surface area contributed by atoms with Gasteiger partial charge < -0.3 is 10.1 Å². The summed E-state index contributed by atoms with van der Waals surface area (Å²) >= 11 is 5.91. The molecule has 3 aromatic carbocycles. The van der Waals surface area contributed by atoms with Crippen molar-refractivity contribution in [2.24, 2.45) is 0 Å². The maximum atomic E-state index is 13.2. The van der Waals surface area contributed by atoms with E-state index in [1.54, 1.807) is 49.6 Å². The quantitative estimate of drug-likeness (QED) is 0.356. The molecule has 8 heteroatoms. The summed E-state index contributed by atoms with van der Waals surface area (Å²) in [6.07, 6.45) is 3.09. The van der Waals surface area contributed by atoms with Gasteiger partial charge in [-0.15, -0.1) is 5.10 Å². The van der Waals surface area contributed by atoms with Crippen molar-refractivity contribution in [2.45, 2.75) is 6.54 Å². The van der Waals surface area contributed by atoms with Crippen LogP contribution in [0, 0.1) is 5.82 Å². The zero-order valence-corrected chi connectivity index (χ0v) is 18.5. The van der Waals surface area contributed by atoms with Crippen LogP contribution in [0.4, 0.5) is 10.3 Å². The second kappa shape index (κ2) is 10.1. The van der Waals surface area contributed by atoms with Crippen LogP contribution in [0.25, 0.3) is 17.5 Å². The second-order valence-electron chi connectivity index (χ2n) is 7.10. The average molecular weight is 463 g/mol. The molecular formula is C25H20ClFN4O2. The Balaban J connectivity index is 1.61. The molecule has 33 heavy (non-hydrogen) atoms. The van der Waals surface area contributed by atoms with Gasteiger partial charge >= 0.3 is 0 Å². The summed E-state index contributed by atoms with van der Waals surface area (Å²) in [4.78, 5) is 17.5. The van der Waals surface area contributed by atoms with Gasteiger partial charge in [-0.3, -0.25) is 4.79 Å². The third kappa shape index (κ3) is 5.64. The highest BCUT2D eigenvalue weighted by atomic mass is 35.5. The number of benzene rings is 3. The number of rotatable bonds is 7. The summed E-state index contributed by atoms with van der Waals surface area (Å²) in [5, 5.41) is 8.14. The van der Waals surface area contributed by atoms with E-state index in [1.807, 2.05) is 24.3 Å². The van der Waals surface area contributed by atoms with Crippen LogP contribution in [0.3, 0.4) is 0 Å². The van der Waals surface area contributed by atoms with Crippen LogP contribution in [0.5, 0.6) is 5.75 Å². The lowest BCUT2D eigenvalue weighted by atomic mass is 10.2. The van der Waals surface area contributed by atoms with Crippen LogP contribution in [-0.4, -0.2) is 27.8 Å². The first-order valence-electron chi connectivity index (χ1n) is 10.1. The van der Waals surface area contributed by atoms with Crippen molar-refractivity contribution in [1.82, 2.24) is 14.8 Å². The predicted molar refractivity (Wildman–Crippen MR) is 127 cm³/mol. The smallest absolute Gasteiger partial charge is 0.274 e. The molecule has 0 spiro atoms. The molecular weight excluding hydrogens is 443 g/mol. The molecule has 0 fully saturated rings. The Morgan fingerprint density at radius 2 is 1.76 bits per heavy atom. The Bertz CT molecular complexity index is 1270. The number of nitrogens with one attached hydrogen (secondary N) is 1. The Labute approximate surface area is 195 Å². The van der Waals surface area contributed by atoms with Crippen molar-refractivity contribution >= 4 is 29.5 Å². The molecule has 6 nitrogen and oxygen atoms in total. The van der Waals surface area contributed by atoms with Gasteiger partial charge in [0.25, 0.3) is 5.91 Å². The fourth-order valence-electron chi connectivity index (χ4n) is 3.04. The van der Waals surface area contributed by atoms with Crippen LogP contribution in [0.1, 0.15) is 15.9 Å². The molecule has 4 aromatic rings. The van der Waals surface area contributed by atoms with Gasteiger partial charge in [-0.05, 0) is 65.7 Å². The molecule has 0 bridgehead atoms. The molecule has 0 aliphatic carbocycles. The molecule has 166 valence electrons. The average Bonchev–Trinajstić information content (AvgIpc) is 3.27. The zero-order valence-electron chi connectivity index (χ0n) is 17.7. The number of anilines is 1. The van der Waals surface area contributed by atoms with E-state index in [0.717, 1.165) is 16.7 Å². The van der Waals surface area contributed by atoms with Gasteiger partial charge in [0, 0.05) is 23.2 Å². The van der Waals surface area contributed by atoms with E-state index in [0.29, 0.717) is 23.1 Å². The van der Waals surface area contributed by atoms with Crippen molar-refractivity contribution in [3.63, 3.8) is 0 Å². The molecule has 0 saturated carbocycles. The van der Waals surface area contributed by atoms with Crippen LogP contribution < -0.4 is 10.1 Å². The molecule has 0 aliphatic rings. The number of hydrogen-bond acceptors (Lipinski definition) is 5. The topological polar surface area (TPSA) is 69.0 Å². The summed E-state index contributed by atoms with van der Waals surface area (Å²) in [6.45, 7) is 0.342. The maximum Gasteiger partial charge on any atom is 0.274 e. The lowest BCUT2D eigenvalue weighted by Gasteiger charge is -2.06. The van der Waals surface area contributed by atoms with E-state index in [-0.39, 0.29) is 17.7 Å². The monoisotopic (exact) mass is 462 g/mol. The SMILES string of the molecule is COc1ccc(-c2nc(NCc3ccc(F)cc3)n(C(=O)C=Cc3ccc(Cl)cc3)n2)cc1. The highest BCUT2D eigenvalue weighted by molar-refractivity contribution is 6.30. The summed E-state index contributed by atoms with van der Waals surface area (Å²) in [7, 11) is 1.59. The minimum atomic E-state index is -0.376. The van der Waals surface area contributed by atoms with Crippen molar-refractivity contribution in [3.8, 4) is 17.1 Å². The Kier molecular flexibility index (Phi) is 6.80. The van der Waals surface area contributed by atoms with Crippen molar-refractivity contribution in [1.29, 1.82) is 0 Å². The van der Waals surface area contributed by atoms with Gasteiger partial charge in [-0.1, -0.05) is 35.9 Å². The highest BCUT2D eigenvalue weighted by Crippen LogP contribution is 2.22. The summed E-state index contributed by atoms with van der Waals surface area (Å²) in [5.41, 5.74) is 2.39. The number of nitrogens with zero attached hydrogens (tertiary/aromatic N) is 3. The molecule has 1 aromatic heterocycles. The standard InChI is InChI=1S/C25H20ClFN4O2/c1-33-22-13-7-19(8-14-22)24-29-25(28-16-18-4-11-21(27)12-5-18)31(30-24)23(32)15-6-17-2-9-20(26)10-3-17/h2-15H,16H2,1H3,(H,28,29,30). The largest absolute Gasteiger partial charge is 0.497 e. The maximum absolute atomic E-state index is 13.2. The molecule has 0 atom stereocenters. The van der Waals surface area contributed by atoms with Gasteiger partial charge in [0.15, 0.2) is 5.82 Å². The van der Waals surface area contributed by atoms with Gasteiger partial charge in [-0.2, -0.15) is 9.67 Å². The number of carbonyl (C=O) groups is 1. The molecule has 1 heterocycles. The minimum absolute atomic E-state index is 0.274. The lowest BCUT2D eigenvalue weighted by molar-refractivity contribution is 0.0957. The van der Waals surface area contributed by atoms with E-state index in [1.165, 1.54) is 22.9 Å². The lowest BCUT2D eigenvalue weighted by Crippen LogP contribution is -2.14. The normalized spacial score (nSPS) is 11.0. The number of aromatic nitrogens is 3. The predicted octanol–water partition coefficient (Wildman–Crippen LogP) is 5.71. The van der Waals surface area contributed by atoms with Gasteiger partial charge in [0.1, 0.15) is 11.6 Å². The van der Waals surface area contributed by atoms with Crippen molar-refractivity contribution in [3.05, 3.63) is 101 Å². The van der Waals surface area contributed by atoms with E-state index < -0.39 is 0 Å². The van der Waals surface area contributed by atoms with Crippen LogP contribution >= 0.6 is 11.6 Å². The molecule has 4 rings (SSSR count). The fraction of sp³-hybridized carbons (Fsp3) is 0.0800. The van der Waals surface area contributed by atoms with Gasteiger partial charge in [0.2, 0.25) is 5.95 Å². The third-order valence-corrected chi connectivity index (χ3v) is 5.07. The number of allylic oxidation sites excluding steroid dienone is 1. The molecule has 0 aliphatic heterocycles.